The molecule has 0 bridgehead atoms. The first-order chi connectivity index (χ1) is 15.8. The van der Waals surface area contributed by atoms with Crippen molar-refractivity contribution in [2.75, 3.05) is 0 Å². The maximum atomic E-state index is 13.2. The first-order valence-electron chi connectivity index (χ1n) is 11.7. The summed E-state index contributed by atoms with van der Waals surface area (Å²) in [5.74, 6) is 0.801. The number of halogens is 2. The van der Waals surface area contributed by atoms with Gasteiger partial charge in [0.1, 0.15) is 0 Å². The molecule has 1 aliphatic carbocycles. The lowest BCUT2D eigenvalue weighted by Crippen LogP contribution is -2.43. The number of carbonyl (C=O) groups excluding carboxylic acids is 1. The summed E-state index contributed by atoms with van der Waals surface area (Å²) in [4.78, 5) is 13.2. The predicted molar refractivity (Wildman–Crippen MR) is 134 cm³/mol. The van der Waals surface area contributed by atoms with Crippen LogP contribution < -0.4 is 5.32 Å². The molecule has 1 aromatic heterocycles. The van der Waals surface area contributed by atoms with Crippen molar-refractivity contribution in [1.29, 1.82) is 0 Å². The Balaban J connectivity index is 1.60. The summed E-state index contributed by atoms with van der Waals surface area (Å²) in [5, 5.41) is 9.06. The Bertz CT molecular complexity index is 1190. The number of nitrogens with one attached hydrogen (secondary N) is 1. The molecule has 1 aliphatic heterocycles. The minimum Gasteiger partial charge on any atom is -0.353 e. The summed E-state index contributed by atoms with van der Waals surface area (Å²) in [7, 11) is 1.91. The van der Waals surface area contributed by atoms with Gasteiger partial charge >= 0.3 is 0 Å². The van der Waals surface area contributed by atoms with Crippen LogP contribution in [0.3, 0.4) is 0 Å². The van der Waals surface area contributed by atoms with Crippen LogP contribution in [0.2, 0.25) is 10.0 Å². The van der Waals surface area contributed by atoms with Gasteiger partial charge in [0.05, 0.1) is 11.6 Å². The van der Waals surface area contributed by atoms with Crippen molar-refractivity contribution in [3.63, 3.8) is 0 Å². The van der Waals surface area contributed by atoms with Crippen molar-refractivity contribution in [3.05, 3.63) is 76.0 Å². The number of benzene rings is 2. The third-order valence-electron chi connectivity index (χ3n) is 8.03. The van der Waals surface area contributed by atoms with Crippen LogP contribution in [-0.4, -0.2) is 21.7 Å². The van der Waals surface area contributed by atoms with Crippen LogP contribution >= 0.6 is 23.2 Å². The molecular formula is C27H29Cl2N3O. The molecule has 2 heterocycles. The van der Waals surface area contributed by atoms with Crippen LogP contribution in [0.5, 0.6) is 0 Å². The summed E-state index contributed by atoms with van der Waals surface area (Å²) in [5.41, 5.74) is 4.16. The monoisotopic (exact) mass is 481 g/mol. The van der Waals surface area contributed by atoms with E-state index in [1.807, 2.05) is 31.6 Å². The number of fused-ring (bicyclic) bond motifs is 1. The van der Waals surface area contributed by atoms with Gasteiger partial charge in [0, 0.05) is 40.8 Å². The summed E-state index contributed by atoms with van der Waals surface area (Å²) in [6.45, 7) is 4.30. The van der Waals surface area contributed by atoms with Crippen molar-refractivity contribution < 1.29 is 4.79 Å². The largest absolute Gasteiger partial charge is 0.353 e. The average molecular weight is 482 g/mol. The van der Waals surface area contributed by atoms with Crippen molar-refractivity contribution in [2.24, 2.45) is 18.4 Å². The van der Waals surface area contributed by atoms with Crippen LogP contribution in [0.15, 0.2) is 54.9 Å². The Labute approximate surface area is 205 Å². The van der Waals surface area contributed by atoms with Gasteiger partial charge in [-0.15, -0.1) is 0 Å². The maximum absolute atomic E-state index is 13.2. The maximum Gasteiger partial charge on any atom is 0.226 e. The van der Waals surface area contributed by atoms with E-state index in [0.717, 1.165) is 46.0 Å². The molecule has 0 spiro atoms. The third-order valence-corrected chi connectivity index (χ3v) is 8.61. The van der Waals surface area contributed by atoms with Gasteiger partial charge in [0.15, 0.2) is 0 Å². The molecule has 1 N–H and O–H groups in total. The molecule has 2 aromatic carbocycles. The number of amides is 1. The van der Waals surface area contributed by atoms with E-state index < -0.39 is 0 Å². The van der Waals surface area contributed by atoms with Crippen LogP contribution in [0.1, 0.15) is 56.1 Å². The number of hydrogen-bond donors (Lipinski definition) is 1. The van der Waals surface area contributed by atoms with Gasteiger partial charge in [-0.05, 0) is 72.9 Å². The standard InChI is InChI=1S/C27H29Cl2N3O/c1-4-27-12-11-22(21-10-7-18(13-23(21)29)19-14-30-32(3)15-19)24(17-5-8-20(28)9-6-17)25(27)16(2)31-26(27)33/h5-10,13-16,22,24-25H,4,11-12H2,1-3H3,(H,31,33)/t16-,22+,24+,25+,27-/m1/s1. The van der Waals surface area contributed by atoms with Crippen LogP contribution in [0.4, 0.5) is 0 Å². The van der Waals surface area contributed by atoms with E-state index in [1.165, 1.54) is 5.56 Å². The highest BCUT2D eigenvalue weighted by atomic mass is 35.5. The summed E-state index contributed by atoms with van der Waals surface area (Å²) >= 11 is 13.2. The zero-order chi connectivity index (χ0) is 23.3. The van der Waals surface area contributed by atoms with E-state index in [1.54, 1.807) is 4.68 Å². The number of aryl methyl sites for hydroxylation is 1. The van der Waals surface area contributed by atoms with E-state index in [0.29, 0.717) is 0 Å². The van der Waals surface area contributed by atoms with Crippen LogP contribution in [-0.2, 0) is 11.8 Å². The molecule has 3 aromatic rings. The highest BCUT2D eigenvalue weighted by Crippen LogP contribution is 2.60. The fourth-order valence-electron chi connectivity index (χ4n) is 6.47. The quantitative estimate of drug-likeness (QED) is 0.456. The lowest BCUT2D eigenvalue weighted by atomic mass is 9.54. The highest BCUT2D eigenvalue weighted by molar-refractivity contribution is 6.31. The van der Waals surface area contributed by atoms with Gasteiger partial charge < -0.3 is 5.32 Å². The van der Waals surface area contributed by atoms with Gasteiger partial charge in [-0.3, -0.25) is 9.48 Å². The van der Waals surface area contributed by atoms with Gasteiger partial charge in [-0.2, -0.15) is 5.10 Å². The van der Waals surface area contributed by atoms with Crippen LogP contribution in [0, 0.1) is 11.3 Å². The molecule has 1 amide bonds. The van der Waals surface area contributed by atoms with E-state index in [-0.39, 0.29) is 35.1 Å². The Morgan fingerprint density at radius 1 is 1.15 bits per heavy atom. The third kappa shape index (κ3) is 3.68. The Hall–Kier alpha value is -2.30. The first-order valence-corrected chi connectivity index (χ1v) is 12.4. The number of rotatable bonds is 4. The van der Waals surface area contributed by atoms with E-state index in [9.17, 15) is 4.79 Å². The second kappa shape index (κ2) is 8.48. The summed E-state index contributed by atoms with van der Waals surface area (Å²) in [6, 6.07) is 14.6. The van der Waals surface area contributed by atoms with Gasteiger partial charge in [0.25, 0.3) is 0 Å². The molecule has 6 heteroatoms. The molecule has 1 saturated heterocycles. The average Bonchev–Trinajstić information content (AvgIpc) is 3.35. The minimum atomic E-state index is -0.331. The zero-order valence-corrected chi connectivity index (χ0v) is 20.7. The normalized spacial score (nSPS) is 29.1. The zero-order valence-electron chi connectivity index (χ0n) is 19.2. The van der Waals surface area contributed by atoms with E-state index in [4.69, 9.17) is 23.2 Å². The van der Waals surface area contributed by atoms with E-state index in [2.05, 4.69) is 54.6 Å². The number of nitrogens with zero attached hydrogens (tertiary/aromatic N) is 2. The minimum absolute atomic E-state index is 0.106. The summed E-state index contributed by atoms with van der Waals surface area (Å²) < 4.78 is 1.80. The first kappa shape index (κ1) is 22.5. The molecule has 0 unspecified atom stereocenters. The van der Waals surface area contributed by atoms with Gasteiger partial charge in [-0.1, -0.05) is 54.4 Å². The summed E-state index contributed by atoms with van der Waals surface area (Å²) in [6.07, 6.45) is 6.49. The fourth-order valence-corrected chi connectivity index (χ4v) is 6.92. The Kier molecular flexibility index (Phi) is 5.78. The lowest BCUT2D eigenvalue weighted by molar-refractivity contribution is -0.131. The number of aromatic nitrogens is 2. The number of carbonyl (C=O) groups is 1. The Morgan fingerprint density at radius 3 is 2.55 bits per heavy atom. The molecule has 2 aliphatic rings. The van der Waals surface area contributed by atoms with Crippen molar-refractivity contribution >= 4 is 29.1 Å². The fraction of sp³-hybridized carbons (Fsp3) is 0.407. The topological polar surface area (TPSA) is 46.9 Å². The SMILES string of the molecule is CC[C@@]12CC[C@@H](c3ccc(-c4cnn(C)c4)cc3Cl)[C@H](c3ccc(Cl)cc3)[C@@H]1[C@@H](C)NC2=O. The molecule has 5 rings (SSSR count). The predicted octanol–water partition coefficient (Wildman–Crippen LogP) is 6.59. The van der Waals surface area contributed by atoms with Gasteiger partial charge in [-0.25, -0.2) is 0 Å². The highest BCUT2D eigenvalue weighted by Gasteiger charge is 2.59. The Morgan fingerprint density at radius 2 is 1.91 bits per heavy atom. The molecule has 0 radical (unpaired) electrons. The van der Waals surface area contributed by atoms with Crippen LogP contribution in [0.25, 0.3) is 11.1 Å². The van der Waals surface area contributed by atoms with Gasteiger partial charge in [0.2, 0.25) is 5.91 Å². The van der Waals surface area contributed by atoms with Crippen molar-refractivity contribution in [1.82, 2.24) is 15.1 Å². The van der Waals surface area contributed by atoms with E-state index >= 15 is 0 Å². The molecule has 5 atom stereocenters. The number of hydrogen-bond acceptors (Lipinski definition) is 2. The lowest BCUT2D eigenvalue weighted by Gasteiger charge is -2.47. The second-order valence-electron chi connectivity index (χ2n) is 9.66. The van der Waals surface area contributed by atoms with Crippen molar-refractivity contribution in [3.8, 4) is 11.1 Å². The molecule has 33 heavy (non-hydrogen) atoms. The van der Waals surface area contributed by atoms with Crippen molar-refractivity contribution in [2.45, 2.75) is 51.0 Å². The molecule has 172 valence electrons. The molecule has 1 saturated carbocycles. The molecular weight excluding hydrogens is 453 g/mol. The molecule has 2 fully saturated rings. The second-order valence-corrected chi connectivity index (χ2v) is 10.5. The molecule has 4 nitrogen and oxygen atoms in total. The smallest absolute Gasteiger partial charge is 0.226 e.